The minimum atomic E-state index is -0.322. The number of aliphatic hydroxyl groups is 2. The molecule has 0 aliphatic carbocycles. The van der Waals surface area contributed by atoms with Crippen molar-refractivity contribution in [3.63, 3.8) is 0 Å². The summed E-state index contributed by atoms with van der Waals surface area (Å²) in [7, 11) is 0. The van der Waals surface area contributed by atoms with E-state index in [1.165, 1.54) is 0 Å². The minimum absolute atomic E-state index is 0.0939. The van der Waals surface area contributed by atoms with Crippen LogP contribution in [0.3, 0.4) is 0 Å². The fourth-order valence-corrected chi connectivity index (χ4v) is 1.57. The molecular weight excluding hydrogens is 194 g/mol. The summed E-state index contributed by atoms with van der Waals surface area (Å²) in [6.07, 6.45) is 0. The van der Waals surface area contributed by atoms with Gasteiger partial charge < -0.3 is 10.2 Å². The molecule has 0 radical (unpaired) electrons. The summed E-state index contributed by atoms with van der Waals surface area (Å²) in [6, 6.07) is 9.54. The van der Waals surface area contributed by atoms with Crippen LogP contribution in [0.5, 0.6) is 0 Å². The van der Waals surface area contributed by atoms with E-state index < -0.39 is 0 Å². The van der Waals surface area contributed by atoms with Gasteiger partial charge in [0, 0.05) is 5.56 Å². The molecule has 0 fully saturated rings. The fraction of sp³-hybridized carbons (Fsp3) is 0.455. The van der Waals surface area contributed by atoms with E-state index in [0.717, 1.165) is 5.56 Å². The van der Waals surface area contributed by atoms with Gasteiger partial charge in [0.1, 0.15) is 19.6 Å². The first-order valence-electron chi connectivity index (χ1n) is 5.05. The zero-order valence-corrected chi connectivity index (χ0v) is 8.71. The van der Waals surface area contributed by atoms with E-state index in [-0.39, 0.29) is 30.9 Å². The number of hydrogen-bond acceptors (Lipinski definition) is 3. The number of hydrogen-bond donors (Lipinski definition) is 3. The summed E-state index contributed by atoms with van der Waals surface area (Å²) in [5, 5.41) is 27.8. The van der Waals surface area contributed by atoms with Crippen LogP contribution in [-0.2, 0) is 6.54 Å². The lowest BCUT2D eigenvalue weighted by Crippen LogP contribution is -2.47. The zero-order valence-electron chi connectivity index (χ0n) is 8.71. The number of nitrogens with zero attached hydrogens (tertiary/aromatic N) is 1. The lowest BCUT2D eigenvalue weighted by molar-refractivity contribution is -1.11. The molecule has 0 unspecified atom stereocenters. The van der Waals surface area contributed by atoms with Crippen LogP contribution >= 0.6 is 0 Å². The molecule has 4 nitrogen and oxygen atoms in total. The average Bonchev–Trinajstić information content (AvgIpc) is 2.19. The number of aliphatic hydroxyl groups excluding tert-OH is 2. The van der Waals surface area contributed by atoms with Gasteiger partial charge in [-0.1, -0.05) is 30.3 Å². The third-order valence-electron chi connectivity index (χ3n) is 2.35. The molecule has 15 heavy (non-hydrogen) atoms. The van der Waals surface area contributed by atoms with Gasteiger partial charge in [0.2, 0.25) is 0 Å². The third kappa shape index (κ3) is 3.97. The zero-order chi connectivity index (χ0) is 11.1. The number of rotatable bonds is 6. The Hall–Kier alpha value is -0.940. The van der Waals surface area contributed by atoms with Gasteiger partial charge in [-0.2, -0.15) is 4.65 Å². The molecule has 1 aromatic rings. The lowest BCUT2D eigenvalue weighted by Gasteiger charge is -2.28. The van der Waals surface area contributed by atoms with Crippen LogP contribution in [-0.4, -0.2) is 46.4 Å². The standard InChI is InChI=1S/C11H18NO3/c13-8-6-12(15,7-9-14)10-11-4-2-1-3-5-11/h1-5,13-15H,6-10H2/q+1. The van der Waals surface area contributed by atoms with Gasteiger partial charge in [-0.25, -0.2) is 5.21 Å². The van der Waals surface area contributed by atoms with Crippen molar-refractivity contribution in [1.82, 2.24) is 0 Å². The Labute approximate surface area is 89.6 Å². The van der Waals surface area contributed by atoms with Crippen LogP contribution in [0.25, 0.3) is 0 Å². The Morgan fingerprint density at radius 3 is 1.93 bits per heavy atom. The largest absolute Gasteiger partial charge is 0.390 e. The van der Waals surface area contributed by atoms with Gasteiger partial charge in [-0.15, -0.1) is 0 Å². The molecule has 0 bridgehead atoms. The molecule has 1 aromatic carbocycles. The van der Waals surface area contributed by atoms with E-state index in [9.17, 15) is 5.21 Å². The molecule has 0 saturated carbocycles. The monoisotopic (exact) mass is 212 g/mol. The molecule has 0 aliphatic heterocycles. The molecular formula is C11H18NO3+. The molecule has 0 amide bonds. The van der Waals surface area contributed by atoms with Gasteiger partial charge in [-0.3, -0.25) is 0 Å². The van der Waals surface area contributed by atoms with E-state index in [1.807, 2.05) is 30.3 Å². The molecule has 0 heterocycles. The van der Waals surface area contributed by atoms with Gasteiger partial charge >= 0.3 is 0 Å². The molecule has 84 valence electrons. The van der Waals surface area contributed by atoms with Gasteiger partial charge in [0.05, 0.1) is 13.2 Å². The maximum absolute atomic E-state index is 10.1. The Bertz CT molecular complexity index is 270. The third-order valence-corrected chi connectivity index (χ3v) is 2.35. The van der Waals surface area contributed by atoms with Crippen molar-refractivity contribution in [1.29, 1.82) is 0 Å². The first-order valence-corrected chi connectivity index (χ1v) is 5.05. The molecule has 1 rings (SSSR count). The molecule has 0 aliphatic rings. The van der Waals surface area contributed by atoms with E-state index >= 15 is 0 Å². The van der Waals surface area contributed by atoms with Gasteiger partial charge in [0.15, 0.2) is 0 Å². The van der Waals surface area contributed by atoms with Gasteiger partial charge in [-0.05, 0) is 0 Å². The van der Waals surface area contributed by atoms with Crippen molar-refractivity contribution >= 4 is 0 Å². The SMILES string of the molecule is OCC[N+](O)(CCO)Cc1ccccc1. The van der Waals surface area contributed by atoms with Crippen molar-refractivity contribution < 1.29 is 20.1 Å². The normalized spacial score (nSPS) is 11.7. The van der Waals surface area contributed by atoms with Crippen LogP contribution in [0.2, 0.25) is 0 Å². The first kappa shape index (κ1) is 12.1. The molecule has 3 N–H and O–H groups in total. The van der Waals surface area contributed by atoms with Crippen molar-refractivity contribution in [2.75, 3.05) is 26.3 Å². The van der Waals surface area contributed by atoms with Crippen LogP contribution in [0, 0.1) is 0 Å². The van der Waals surface area contributed by atoms with Crippen LogP contribution in [0.1, 0.15) is 5.56 Å². The quantitative estimate of drug-likeness (QED) is 0.472. The van der Waals surface area contributed by atoms with E-state index in [1.54, 1.807) is 0 Å². The summed E-state index contributed by atoms with van der Waals surface area (Å²) in [5.74, 6) is 0. The predicted molar refractivity (Wildman–Crippen MR) is 56.1 cm³/mol. The Morgan fingerprint density at radius 2 is 1.47 bits per heavy atom. The maximum atomic E-state index is 10.1. The van der Waals surface area contributed by atoms with E-state index in [0.29, 0.717) is 6.54 Å². The average molecular weight is 212 g/mol. The van der Waals surface area contributed by atoms with Gasteiger partial charge in [0.25, 0.3) is 0 Å². The van der Waals surface area contributed by atoms with E-state index in [2.05, 4.69) is 0 Å². The van der Waals surface area contributed by atoms with Crippen molar-refractivity contribution in [3.05, 3.63) is 35.9 Å². The predicted octanol–water partition coefficient (Wildman–Crippen LogP) is 0.377. The lowest BCUT2D eigenvalue weighted by atomic mass is 10.2. The second-order valence-corrected chi connectivity index (χ2v) is 3.63. The Morgan fingerprint density at radius 1 is 0.933 bits per heavy atom. The molecule has 0 aromatic heterocycles. The highest BCUT2D eigenvalue weighted by Crippen LogP contribution is 2.10. The number of benzene rings is 1. The number of quaternary nitrogens is 1. The molecule has 0 spiro atoms. The minimum Gasteiger partial charge on any atom is -0.390 e. The highest BCUT2D eigenvalue weighted by molar-refractivity contribution is 5.13. The summed E-state index contributed by atoms with van der Waals surface area (Å²) < 4.78 is -0.322. The first-order chi connectivity index (χ1) is 7.20. The van der Waals surface area contributed by atoms with Crippen molar-refractivity contribution in [2.45, 2.75) is 6.54 Å². The molecule has 4 heteroatoms. The number of hydroxylamine groups is 3. The molecule has 0 saturated heterocycles. The topological polar surface area (TPSA) is 60.7 Å². The summed E-state index contributed by atoms with van der Waals surface area (Å²) >= 11 is 0. The van der Waals surface area contributed by atoms with Crippen molar-refractivity contribution in [2.24, 2.45) is 0 Å². The van der Waals surface area contributed by atoms with Crippen LogP contribution in [0.15, 0.2) is 30.3 Å². The summed E-state index contributed by atoms with van der Waals surface area (Å²) in [4.78, 5) is 0. The highest BCUT2D eigenvalue weighted by Gasteiger charge is 2.24. The smallest absolute Gasteiger partial charge is 0.134 e. The van der Waals surface area contributed by atoms with Crippen molar-refractivity contribution in [3.8, 4) is 0 Å². The maximum Gasteiger partial charge on any atom is 0.134 e. The highest BCUT2D eigenvalue weighted by atomic mass is 16.5. The molecule has 0 atom stereocenters. The Balaban J connectivity index is 2.66. The van der Waals surface area contributed by atoms with E-state index in [4.69, 9.17) is 10.2 Å². The van der Waals surface area contributed by atoms with Crippen LogP contribution < -0.4 is 0 Å². The second kappa shape index (κ2) is 5.82. The second-order valence-electron chi connectivity index (χ2n) is 3.63. The summed E-state index contributed by atoms with van der Waals surface area (Å²) in [5.41, 5.74) is 0.988. The fourth-order valence-electron chi connectivity index (χ4n) is 1.57. The summed E-state index contributed by atoms with van der Waals surface area (Å²) in [6.45, 7) is 0.680. The Kier molecular flexibility index (Phi) is 4.71. The van der Waals surface area contributed by atoms with Crippen LogP contribution in [0.4, 0.5) is 0 Å².